The number of hydrogen-bond donors (Lipinski definition) is 2. The smallest absolute Gasteiger partial charge is 0.244 e. The van der Waals surface area contributed by atoms with Crippen molar-refractivity contribution < 1.29 is 4.79 Å². The van der Waals surface area contributed by atoms with Crippen molar-refractivity contribution >= 4 is 28.1 Å². The van der Waals surface area contributed by atoms with Gasteiger partial charge >= 0.3 is 0 Å². The average Bonchev–Trinajstić information content (AvgIpc) is 2.81. The molecule has 0 aliphatic rings. The van der Waals surface area contributed by atoms with Crippen LogP contribution in [0.3, 0.4) is 0 Å². The van der Waals surface area contributed by atoms with Crippen LogP contribution in [0.2, 0.25) is 0 Å². The van der Waals surface area contributed by atoms with E-state index in [1.807, 2.05) is 30.3 Å². The van der Waals surface area contributed by atoms with Gasteiger partial charge in [0.25, 0.3) is 0 Å². The Morgan fingerprint density at radius 2 is 2.12 bits per heavy atom. The van der Waals surface area contributed by atoms with E-state index in [2.05, 4.69) is 20.2 Å². The fourth-order valence-corrected chi connectivity index (χ4v) is 1.58. The van der Waals surface area contributed by atoms with E-state index >= 15 is 0 Å². The highest BCUT2D eigenvalue weighted by Gasteiger charge is 2.03. The van der Waals surface area contributed by atoms with E-state index in [4.69, 9.17) is 0 Å². The van der Waals surface area contributed by atoms with Crippen LogP contribution in [0.25, 0.3) is 0 Å². The molecule has 1 aromatic carbocycles. The van der Waals surface area contributed by atoms with Crippen LogP contribution in [-0.4, -0.2) is 22.0 Å². The molecular formula is C10H10N4OS. The molecule has 0 radical (unpaired) electrons. The number of para-hydroxylation sites is 1. The van der Waals surface area contributed by atoms with Crippen molar-refractivity contribution in [3.8, 4) is 0 Å². The first-order chi connectivity index (χ1) is 7.84. The van der Waals surface area contributed by atoms with Crippen LogP contribution in [-0.2, 0) is 4.79 Å². The summed E-state index contributed by atoms with van der Waals surface area (Å²) < 4.78 is 3.65. The van der Waals surface area contributed by atoms with Crippen LogP contribution in [0, 0.1) is 0 Å². The second kappa shape index (κ2) is 5.22. The van der Waals surface area contributed by atoms with Crippen LogP contribution in [0.4, 0.5) is 10.7 Å². The lowest BCUT2D eigenvalue weighted by molar-refractivity contribution is -0.114. The van der Waals surface area contributed by atoms with E-state index in [-0.39, 0.29) is 12.5 Å². The molecule has 6 heteroatoms. The minimum Gasteiger partial charge on any atom is -0.376 e. The lowest BCUT2D eigenvalue weighted by Crippen LogP contribution is -2.21. The number of carbonyl (C=O) groups excluding carboxylic acids is 1. The van der Waals surface area contributed by atoms with Gasteiger partial charge in [0, 0.05) is 17.2 Å². The van der Waals surface area contributed by atoms with E-state index < -0.39 is 0 Å². The molecule has 0 saturated carbocycles. The Morgan fingerprint density at radius 1 is 1.31 bits per heavy atom. The lowest BCUT2D eigenvalue weighted by Gasteiger charge is -2.05. The molecule has 2 rings (SSSR count). The monoisotopic (exact) mass is 234 g/mol. The van der Waals surface area contributed by atoms with Gasteiger partial charge in [0.1, 0.15) is 5.00 Å². The Bertz CT molecular complexity index is 443. The maximum Gasteiger partial charge on any atom is 0.244 e. The van der Waals surface area contributed by atoms with Gasteiger partial charge in [-0.1, -0.05) is 22.7 Å². The van der Waals surface area contributed by atoms with Crippen molar-refractivity contribution in [1.29, 1.82) is 0 Å². The summed E-state index contributed by atoms with van der Waals surface area (Å²) >= 11 is 1.15. The van der Waals surface area contributed by atoms with E-state index in [1.165, 1.54) is 6.20 Å². The number of amides is 1. The molecule has 5 nitrogen and oxygen atoms in total. The molecule has 16 heavy (non-hydrogen) atoms. The highest BCUT2D eigenvalue weighted by molar-refractivity contribution is 7.10. The average molecular weight is 234 g/mol. The van der Waals surface area contributed by atoms with Crippen molar-refractivity contribution in [1.82, 2.24) is 9.59 Å². The first kappa shape index (κ1) is 10.6. The quantitative estimate of drug-likeness (QED) is 0.843. The molecule has 1 aromatic heterocycles. The molecule has 1 amide bonds. The zero-order valence-corrected chi connectivity index (χ0v) is 9.20. The Balaban J connectivity index is 1.80. The van der Waals surface area contributed by atoms with E-state index in [0.717, 1.165) is 17.2 Å². The molecule has 0 saturated heterocycles. The molecular weight excluding hydrogens is 224 g/mol. The maximum atomic E-state index is 11.5. The Labute approximate surface area is 96.7 Å². The molecule has 1 heterocycles. The standard InChI is InChI=1S/C10H10N4OS/c15-9(13-10-7-12-14-16-10)6-11-8-4-2-1-3-5-8/h1-5,7,11H,6H2,(H,13,15). The summed E-state index contributed by atoms with van der Waals surface area (Å²) in [6, 6.07) is 9.55. The van der Waals surface area contributed by atoms with E-state index in [1.54, 1.807) is 0 Å². The third-order valence-electron chi connectivity index (χ3n) is 1.85. The minimum atomic E-state index is -0.116. The summed E-state index contributed by atoms with van der Waals surface area (Å²) in [5.41, 5.74) is 0.917. The number of carbonyl (C=O) groups is 1. The number of benzene rings is 1. The number of nitrogens with one attached hydrogen (secondary N) is 2. The van der Waals surface area contributed by atoms with Crippen LogP contribution < -0.4 is 10.6 Å². The molecule has 0 spiro atoms. The van der Waals surface area contributed by atoms with Crippen molar-refractivity contribution in [2.24, 2.45) is 0 Å². The van der Waals surface area contributed by atoms with Gasteiger partial charge < -0.3 is 10.6 Å². The highest BCUT2D eigenvalue weighted by atomic mass is 32.1. The van der Waals surface area contributed by atoms with Gasteiger partial charge in [-0.3, -0.25) is 4.79 Å². The van der Waals surface area contributed by atoms with Gasteiger partial charge in [-0.15, -0.1) is 5.10 Å². The van der Waals surface area contributed by atoms with Crippen LogP contribution in [0.1, 0.15) is 0 Å². The number of anilines is 2. The SMILES string of the molecule is O=C(CNc1ccccc1)Nc1cnns1. The van der Waals surface area contributed by atoms with Gasteiger partial charge in [-0.2, -0.15) is 0 Å². The third kappa shape index (κ3) is 3.03. The number of hydrogen-bond acceptors (Lipinski definition) is 5. The minimum absolute atomic E-state index is 0.116. The first-order valence-electron chi connectivity index (χ1n) is 4.71. The Kier molecular flexibility index (Phi) is 3.45. The van der Waals surface area contributed by atoms with Gasteiger partial charge in [-0.05, 0) is 12.1 Å². The summed E-state index contributed by atoms with van der Waals surface area (Å²) in [6.07, 6.45) is 1.52. The van der Waals surface area contributed by atoms with E-state index in [9.17, 15) is 4.79 Å². The summed E-state index contributed by atoms with van der Waals surface area (Å²) in [5, 5.41) is 9.97. The molecule has 0 unspecified atom stereocenters. The van der Waals surface area contributed by atoms with Gasteiger partial charge in [-0.25, -0.2) is 0 Å². The first-order valence-corrected chi connectivity index (χ1v) is 5.48. The van der Waals surface area contributed by atoms with Gasteiger partial charge in [0.15, 0.2) is 0 Å². The van der Waals surface area contributed by atoms with Crippen molar-refractivity contribution in [2.45, 2.75) is 0 Å². The largest absolute Gasteiger partial charge is 0.376 e. The second-order valence-electron chi connectivity index (χ2n) is 3.05. The molecule has 0 aliphatic carbocycles. The number of nitrogens with zero attached hydrogens (tertiary/aromatic N) is 2. The topological polar surface area (TPSA) is 66.9 Å². The molecule has 2 N–H and O–H groups in total. The third-order valence-corrected chi connectivity index (χ3v) is 2.43. The molecule has 0 aliphatic heterocycles. The summed E-state index contributed by atoms with van der Waals surface area (Å²) in [4.78, 5) is 11.5. The predicted molar refractivity (Wildman–Crippen MR) is 63.5 cm³/mol. The normalized spacial score (nSPS) is 9.75. The second-order valence-corrected chi connectivity index (χ2v) is 3.84. The van der Waals surface area contributed by atoms with Crippen LogP contribution in [0.5, 0.6) is 0 Å². The number of aromatic nitrogens is 2. The Hall–Kier alpha value is -1.95. The molecule has 2 aromatic rings. The number of rotatable bonds is 4. The molecule has 0 fully saturated rings. The van der Waals surface area contributed by atoms with Crippen molar-refractivity contribution in [2.75, 3.05) is 17.2 Å². The van der Waals surface area contributed by atoms with E-state index in [0.29, 0.717) is 5.00 Å². The maximum absolute atomic E-state index is 11.5. The van der Waals surface area contributed by atoms with Gasteiger partial charge in [0.05, 0.1) is 12.7 Å². The molecule has 0 bridgehead atoms. The molecule has 0 atom stereocenters. The summed E-state index contributed by atoms with van der Waals surface area (Å²) in [7, 11) is 0. The fraction of sp³-hybridized carbons (Fsp3) is 0.100. The summed E-state index contributed by atoms with van der Waals surface area (Å²) in [6.45, 7) is 0.224. The lowest BCUT2D eigenvalue weighted by atomic mass is 10.3. The summed E-state index contributed by atoms with van der Waals surface area (Å²) in [5.74, 6) is -0.116. The van der Waals surface area contributed by atoms with Crippen molar-refractivity contribution in [3.05, 3.63) is 36.5 Å². The molecule has 82 valence electrons. The van der Waals surface area contributed by atoms with Crippen LogP contribution in [0.15, 0.2) is 36.5 Å². The predicted octanol–water partition coefficient (Wildman–Crippen LogP) is 1.59. The van der Waals surface area contributed by atoms with Gasteiger partial charge in [0.2, 0.25) is 5.91 Å². The fourth-order valence-electron chi connectivity index (χ4n) is 1.14. The highest BCUT2D eigenvalue weighted by Crippen LogP contribution is 2.09. The van der Waals surface area contributed by atoms with Crippen LogP contribution >= 0.6 is 11.5 Å². The zero-order valence-electron chi connectivity index (χ0n) is 8.38. The zero-order chi connectivity index (χ0) is 11.2. The Morgan fingerprint density at radius 3 is 2.81 bits per heavy atom. The van der Waals surface area contributed by atoms with Crippen molar-refractivity contribution in [3.63, 3.8) is 0 Å².